The minimum Gasteiger partial charge on any atom is -0.352 e. The minimum absolute atomic E-state index is 0.0997. The van der Waals surface area contributed by atoms with Crippen molar-refractivity contribution < 1.29 is 4.79 Å². The van der Waals surface area contributed by atoms with Gasteiger partial charge in [0.15, 0.2) is 0 Å². The highest BCUT2D eigenvalue weighted by Gasteiger charge is 2.12. The molecule has 0 spiro atoms. The van der Waals surface area contributed by atoms with Crippen LogP contribution in [0.25, 0.3) is 0 Å². The van der Waals surface area contributed by atoms with E-state index in [-0.39, 0.29) is 11.4 Å². The number of nitrogens with zero attached hydrogens (tertiary/aromatic N) is 2. The van der Waals surface area contributed by atoms with E-state index in [1.165, 1.54) is 31.3 Å². The molecule has 22 heavy (non-hydrogen) atoms. The van der Waals surface area contributed by atoms with Crippen LogP contribution < -0.4 is 10.6 Å². The van der Waals surface area contributed by atoms with Crippen LogP contribution in [0.15, 0.2) is 24.0 Å². The molecule has 0 unspecified atom stereocenters. The smallest absolute Gasteiger partial charge is 0.254 e. The van der Waals surface area contributed by atoms with Crippen molar-refractivity contribution in [2.45, 2.75) is 58.4 Å². The summed E-state index contributed by atoms with van der Waals surface area (Å²) in [5.74, 6) is 0.426. The van der Waals surface area contributed by atoms with Crippen LogP contribution in [0.3, 0.4) is 0 Å². The van der Waals surface area contributed by atoms with Gasteiger partial charge in [-0.2, -0.15) is 0 Å². The Morgan fingerprint density at radius 3 is 2.55 bits per heavy atom. The van der Waals surface area contributed by atoms with Crippen molar-refractivity contribution in [1.29, 1.82) is 0 Å². The molecule has 5 heteroatoms. The SMILES string of the molecule is CC(C)(C)Nc1ncc(C(=O)NCCC2=CCCCC2)cn1. The monoisotopic (exact) mass is 302 g/mol. The molecule has 1 aromatic heterocycles. The van der Waals surface area contributed by atoms with Crippen LogP contribution in [0, 0.1) is 0 Å². The third kappa shape index (κ3) is 5.47. The highest BCUT2D eigenvalue weighted by atomic mass is 16.1. The largest absolute Gasteiger partial charge is 0.352 e. The summed E-state index contributed by atoms with van der Waals surface area (Å²) in [6.45, 7) is 6.79. The fraction of sp³-hybridized carbons (Fsp3) is 0.588. The van der Waals surface area contributed by atoms with Crippen LogP contribution in [-0.2, 0) is 0 Å². The zero-order valence-corrected chi connectivity index (χ0v) is 13.8. The number of rotatable bonds is 5. The fourth-order valence-electron chi connectivity index (χ4n) is 2.42. The van der Waals surface area contributed by atoms with Crippen LogP contribution in [0.1, 0.15) is 63.2 Å². The normalized spacial score (nSPS) is 15.1. The molecule has 0 bridgehead atoms. The Kier molecular flexibility index (Phi) is 5.52. The molecule has 0 radical (unpaired) electrons. The molecule has 0 atom stereocenters. The number of amides is 1. The highest BCUT2D eigenvalue weighted by Crippen LogP contribution is 2.19. The van der Waals surface area contributed by atoms with Crippen LogP contribution in [0.2, 0.25) is 0 Å². The number of nitrogens with one attached hydrogen (secondary N) is 2. The Morgan fingerprint density at radius 2 is 1.95 bits per heavy atom. The van der Waals surface area contributed by atoms with Gasteiger partial charge in [-0.1, -0.05) is 11.6 Å². The molecule has 1 heterocycles. The van der Waals surface area contributed by atoms with Gasteiger partial charge in [0.2, 0.25) is 5.95 Å². The Hall–Kier alpha value is -1.91. The van der Waals surface area contributed by atoms with Crippen molar-refractivity contribution in [2.75, 3.05) is 11.9 Å². The van der Waals surface area contributed by atoms with E-state index >= 15 is 0 Å². The first kappa shape index (κ1) is 16.5. The molecule has 2 rings (SSSR count). The van der Waals surface area contributed by atoms with E-state index < -0.39 is 0 Å². The first-order valence-electron chi connectivity index (χ1n) is 8.00. The topological polar surface area (TPSA) is 66.9 Å². The van der Waals surface area contributed by atoms with E-state index in [2.05, 4.69) is 26.7 Å². The molecule has 0 aliphatic heterocycles. The van der Waals surface area contributed by atoms with Gasteiger partial charge in [-0.05, 0) is 52.9 Å². The summed E-state index contributed by atoms with van der Waals surface area (Å²) in [6, 6.07) is 0. The average Bonchev–Trinajstić information content (AvgIpc) is 2.47. The highest BCUT2D eigenvalue weighted by molar-refractivity contribution is 5.93. The van der Waals surface area contributed by atoms with Crippen molar-refractivity contribution in [3.8, 4) is 0 Å². The van der Waals surface area contributed by atoms with Gasteiger partial charge in [-0.15, -0.1) is 0 Å². The molecular formula is C17H26N4O. The van der Waals surface area contributed by atoms with Crippen LogP contribution in [0.5, 0.6) is 0 Å². The molecule has 0 fully saturated rings. The zero-order valence-electron chi connectivity index (χ0n) is 13.8. The lowest BCUT2D eigenvalue weighted by atomic mass is 9.97. The number of hydrogen-bond acceptors (Lipinski definition) is 4. The predicted octanol–water partition coefficient (Wildman–Crippen LogP) is 3.31. The lowest BCUT2D eigenvalue weighted by Crippen LogP contribution is -2.28. The Balaban J connectivity index is 1.81. The second kappa shape index (κ2) is 7.38. The first-order chi connectivity index (χ1) is 10.4. The van der Waals surface area contributed by atoms with Gasteiger partial charge in [0, 0.05) is 24.5 Å². The maximum atomic E-state index is 12.1. The minimum atomic E-state index is -0.112. The summed E-state index contributed by atoms with van der Waals surface area (Å²) in [6.07, 6.45) is 11.3. The lowest BCUT2D eigenvalue weighted by Gasteiger charge is -2.20. The number of aromatic nitrogens is 2. The van der Waals surface area contributed by atoms with Gasteiger partial charge in [-0.3, -0.25) is 4.79 Å². The molecule has 0 saturated carbocycles. The number of hydrogen-bond donors (Lipinski definition) is 2. The third-order valence-electron chi connectivity index (χ3n) is 3.52. The second-order valence-electron chi connectivity index (χ2n) is 6.78. The molecule has 1 aromatic rings. The van der Waals surface area contributed by atoms with E-state index in [0.717, 1.165) is 6.42 Å². The van der Waals surface area contributed by atoms with E-state index in [1.54, 1.807) is 12.4 Å². The van der Waals surface area contributed by atoms with Gasteiger partial charge in [0.1, 0.15) is 0 Å². The van der Waals surface area contributed by atoms with Crippen molar-refractivity contribution in [3.05, 3.63) is 29.6 Å². The third-order valence-corrected chi connectivity index (χ3v) is 3.52. The van der Waals surface area contributed by atoms with Crippen molar-refractivity contribution in [2.24, 2.45) is 0 Å². The summed E-state index contributed by atoms with van der Waals surface area (Å²) >= 11 is 0. The number of anilines is 1. The van der Waals surface area contributed by atoms with E-state index in [9.17, 15) is 4.79 Å². The lowest BCUT2D eigenvalue weighted by molar-refractivity contribution is 0.0953. The molecule has 1 amide bonds. The quantitative estimate of drug-likeness (QED) is 0.819. The van der Waals surface area contributed by atoms with Crippen LogP contribution >= 0.6 is 0 Å². The molecule has 0 saturated heterocycles. The van der Waals surface area contributed by atoms with Gasteiger partial charge in [0.25, 0.3) is 5.91 Å². The summed E-state index contributed by atoms with van der Waals surface area (Å²) in [5.41, 5.74) is 1.86. The summed E-state index contributed by atoms with van der Waals surface area (Å²) in [4.78, 5) is 20.4. The summed E-state index contributed by atoms with van der Waals surface area (Å²) < 4.78 is 0. The molecule has 5 nitrogen and oxygen atoms in total. The summed E-state index contributed by atoms with van der Waals surface area (Å²) in [7, 11) is 0. The molecule has 120 valence electrons. The number of allylic oxidation sites excluding steroid dienone is 1. The molecule has 1 aliphatic rings. The van der Waals surface area contributed by atoms with Crippen LogP contribution in [0.4, 0.5) is 5.95 Å². The maximum absolute atomic E-state index is 12.1. The molecular weight excluding hydrogens is 276 g/mol. The van der Waals surface area contributed by atoms with E-state index in [1.807, 2.05) is 20.8 Å². The van der Waals surface area contributed by atoms with Crippen LogP contribution in [-0.4, -0.2) is 28.0 Å². The number of carbonyl (C=O) groups is 1. The van der Waals surface area contributed by atoms with Gasteiger partial charge in [0.05, 0.1) is 5.56 Å². The van der Waals surface area contributed by atoms with Crippen molar-refractivity contribution >= 4 is 11.9 Å². The second-order valence-corrected chi connectivity index (χ2v) is 6.78. The molecule has 1 aliphatic carbocycles. The summed E-state index contributed by atoms with van der Waals surface area (Å²) in [5, 5.41) is 6.11. The average molecular weight is 302 g/mol. The van der Waals surface area contributed by atoms with Crippen molar-refractivity contribution in [1.82, 2.24) is 15.3 Å². The van der Waals surface area contributed by atoms with Gasteiger partial charge < -0.3 is 10.6 Å². The van der Waals surface area contributed by atoms with Gasteiger partial charge >= 0.3 is 0 Å². The van der Waals surface area contributed by atoms with E-state index in [4.69, 9.17) is 0 Å². The standard InChI is InChI=1S/C17H26N4O/c1-17(2,3)21-16-19-11-14(12-20-16)15(22)18-10-9-13-7-5-4-6-8-13/h7,11-12H,4-6,8-10H2,1-3H3,(H,18,22)(H,19,20,21). The predicted molar refractivity (Wildman–Crippen MR) is 88.9 cm³/mol. The Labute approximate surface area is 132 Å². The van der Waals surface area contributed by atoms with Crippen molar-refractivity contribution in [3.63, 3.8) is 0 Å². The van der Waals surface area contributed by atoms with Gasteiger partial charge in [-0.25, -0.2) is 9.97 Å². The molecule has 2 N–H and O–H groups in total. The molecule has 0 aromatic carbocycles. The zero-order chi connectivity index (χ0) is 16.0. The Bertz CT molecular complexity index is 529. The number of carbonyl (C=O) groups excluding carboxylic acids is 1. The first-order valence-corrected chi connectivity index (χ1v) is 8.00. The fourth-order valence-corrected chi connectivity index (χ4v) is 2.42. The Morgan fingerprint density at radius 1 is 1.23 bits per heavy atom. The maximum Gasteiger partial charge on any atom is 0.254 e. The van der Waals surface area contributed by atoms with E-state index in [0.29, 0.717) is 18.1 Å².